The fraction of sp³-hybridized carbons (Fsp3) is 0.357. The lowest BCUT2D eigenvalue weighted by molar-refractivity contribution is 0.105. The van der Waals surface area contributed by atoms with E-state index in [0.29, 0.717) is 13.2 Å². The molecule has 0 saturated heterocycles. The van der Waals surface area contributed by atoms with Crippen LogP contribution in [0.3, 0.4) is 0 Å². The van der Waals surface area contributed by atoms with E-state index in [1.165, 1.54) is 17.7 Å². The van der Waals surface area contributed by atoms with E-state index in [1.807, 2.05) is 48.5 Å². The largest absolute Gasteiger partial charge is 0.387 e. The number of aliphatic hydroxyl groups is 1. The summed E-state index contributed by atoms with van der Waals surface area (Å²) in [4.78, 5) is 2.34. The van der Waals surface area contributed by atoms with Crippen molar-refractivity contribution >= 4 is 0 Å². The molecular formula is C28H34FNO2. The number of rotatable bonds is 14. The van der Waals surface area contributed by atoms with Gasteiger partial charge in [-0.1, -0.05) is 72.8 Å². The average Bonchev–Trinajstić information content (AvgIpc) is 2.83. The summed E-state index contributed by atoms with van der Waals surface area (Å²) in [5.41, 5.74) is 3.32. The second-order valence-corrected chi connectivity index (χ2v) is 8.20. The van der Waals surface area contributed by atoms with Gasteiger partial charge in [-0.25, -0.2) is 4.39 Å². The van der Waals surface area contributed by atoms with E-state index >= 15 is 0 Å². The van der Waals surface area contributed by atoms with Gasteiger partial charge in [-0.3, -0.25) is 4.90 Å². The van der Waals surface area contributed by atoms with E-state index < -0.39 is 6.10 Å². The van der Waals surface area contributed by atoms with Crippen molar-refractivity contribution in [3.8, 4) is 0 Å². The third kappa shape index (κ3) is 8.91. The van der Waals surface area contributed by atoms with Crippen LogP contribution >= 0.6 is 0 Å². The summed E-state index contributed by atoms with van der Waals surface area (Å²) < 4.78 is 18.7. The highest BCUT2D eigenvalue weighted by Gasteiger charge is 2.14. The van der Waals surface area contributed by atoms with Crippen LogP contribution in [0.15, 0.2) is 84.9 Å². The van der Waals surface area contributed by atoms with Gasteiger partial charge in [-0.2, -0.15) is 0 Å². The summed E-state index contributed by atoms with van der Waals surface area (Å²) in [7, 11) is 0. The van der Waals surface area contributed by atoms with Gasteiger partial charge in [0.15, 0.2) is 0 Å². The van der Waals surface area contributed by atoms with Crippen molar-refractivity contribution in [1.29, 1.82) is 0 Å². The zero-order valence-corrected chi connectivity index (χ0v) is 18.7. The number of nitrogens with zero attached hydrogens (tertiary/aromatic N) is 1. The molecule has 3 aromatic rings. The molecule has 0 fully saturated rings. The van der Waals surface area contributed by atoms with Gasteiger partial charge in [0.2, 0.25) is 0 Å². The van der Waals surface area contributed by atoms with E-state index in [0.717, 1.165) is 56.5 Å². The number of ether oxygens (including phenoxy) is 1. The molecule has 3 rings (SSSR count). The number of hydrogen-bond donors (Lipinski definition) is 1. The molecule has 3 aromatic carbocycles. The Morgan fingerprint density at radius 1 is 0.750 bits per heavy atom. The van der Waals surface area contributed by atoms with Crippen LogP contribution in [0.5, 0.6) is 0 Å². The predicted molar refractivity (Wildman–Crippen MR) is 128 cm³/mol. The van der Waals surface area contributed by atoms with Gasteiger partial charge < -0.3 is 9.84 Å². The molecule has 0 bridgehead atoms. The van der Waals surface area contributed by atoms with Crippen LogP contribution in [-0.2, 0) is 17.7 Å². The van der Waals surface area contributed by atoms with Gasteiger partial charge in [-0.15, -0.1) is 0 Å². The van der Waals surface area contributed by atoms with Crippen LogP contribution in [0.2, 0.25) is 0 Å². The second-order valence-electron chi connectivity index (χ2n) is 8.20. The van der Waals surface area contributed by atoms with Gasteiger partial charge in [0.1, 0.15) is 5.82 Å². The molecule has 0 aliphatic heterocycles. The lowest BCUT2D eigenvalue weighted by atomic mass is 10.1. The van der Waals surface area contributed by atoms with Crippen molar-refractivity contribution in [2.45, 2.75) is 38.3 Å². The predicted octanol–water partition coefficient (Wildman–Crippen LogP) is 5.79. The summed E-state index contributed by atoms with van der Waals surface area (Å²) in [6.45, 7) is 3.79. The van der Waals surface area contributed by atoms with Crippen LogP contribution in [-0.4, -0.2) is 36.3 Å². The van der Waals surface area contributed by atoms with Crippen LogP contribution in [0, 0.1) is 5.82 Å². The molecular weight excluding hydrogens is 401 g/mol. The highest BCUT2D eigenvalue weighted by molar-refractivity contribution is 5.18. The van der Waals surface area contributed by atoms with Crippen LogP contribution in [0.25, 0.3) is 0 Å². The number of hydrogen-bond acceptors (Lipinski definition) is 3. The standard InChI is InChI=1S/C28H34FNO2/c29-27-16-14-24(15-17-27)18-21-32-20-9-3-8-19-30(22-25-10-4-1-5-11-25)23-28(31)26-12-6-2-7-13-26/h1-2,4-7,10-17,28,31H,3,8-9,18-23H2. The zero-order chi connectivity index (χ0) is 22.4. The summed E-state index contributed by atoms with van der Waals surface area (Å²) in [5, 5.41) is 10.7. The Labute approximate surface area is 191 Å². The third-order valence-corrected chi connectivity index (χ3v) is 5.58. The van der Waals surface area contributed by atoms with Crippen molar-refractivity contribution in [3.05, 3.63) is 107 Å². The first-order valence-electron chi connectivity index (χ1n) is 11.5. The molecule has 170 valence electrons. The van der Waals surface area contributed by atoms with Gasteiger partial charge in [0, 0.05) is 19.7 Å². The number of unbranched alkanes of at least 4 members (excludes halogenated alkanes) is 2. The Hall–Kier alpha value is -2.53. The molecule has 0 aliphatic rings. The van der Waals surface area contributed by atoms with Gasteiger partial charge >= 0.3 is 0 Å². The maximum atomic E-state index is 12.9. The quantitative estimate of drug-likeness (QED) is 0.325. The third-order valence-electron chi connectivity index (χ3n) is 5.58. The molecule has 1 atom stereocenters. The van der Waals surface area contributed by atoms with Crippen LogP contribution in [0.1, 0.15) is 42.1 Å². The van der Waals surface area contributed by atoms with Crippen molar-refractivity contribution in [3.63, 3.8) is 0 Å². The number of halogens is 1. The zero-order valence-electron chi connectivity index (χ0n) is 18.7. The summed E-state index contributed by atoms with van der Waals surface area (Å²) in [6, 6.07) is 26.9. The van der Waals surface area contributed by atoms with E-state index in [2.05, 4.69) is 29.2 Å². The minimum atomic E-state index is -0.491. The second kappa shape index (κ2) is 13.8. The normalized spacial score (nSPS) is 12.2. The van der Waals surface area contributed by atoms with E-state index in [4.69, 9.17) is 4.74 Å². The van der Waals surface area contributed by atoms with Gasteiger partial charge in [0.25, 0.3) is 0 Å². The highest BCUT2D eigenvalue weighted by Crippen LogP contribution is 2.16. The lowest BCUT2D eigenvalue weighted by Gasteiger charge is -2.25. The van der Waals surface area contributed by atoms with Crippen LogP contribution < -0.4 is 0 Å². The van der Waals surface area contributed by atoms with Crippen molar-refractivity contribution in [1.82, 2.24) is 4.90 Å². The fourth-order valence-electron chi connectivity index (χ4n) is 3.76. The van der Waals surface area contributed by atoms with Crippen molar-refractivity contribution in [2.24, 2.45) is 0 Å². The molecule has 0 aromatic heterocycles. The molecule has 1 N–H and O–H groups in total. The molecule has 0 aliphatic carbocycles. The first-order valence-corrected chi connectivity index (χ1v) is 11.5. The maximum Gasteiger partial charge on any atom is 0.123 e. The first kappa shape index (κ1) is 24.1. The van der Waals surface area contributed by atoms with Gasteiger partial charge in [-0.05, 0) is 61.1 Å². The number of benzene rings is 3. The van der Waals surface area contributed by atoms with E-state index in [-0.39, 0.29) is 5.82 Å². The molecule has 0 amide bonds. The van der Waals surface area contributed by atoms with Gasteiger partial charge in [0.05, 0.1) is 12.7 Å². The Morgan fingerprint density at radius 2 is 1.44 bits per heavy atom. The van der Waals surface area contributed by atoms with Crippen LogP contribution in [0.4, 0.5) is 4.39 Å². The highest BCUT2D eigenvalue weighted by atomic mass is 19.1. The Kier molecular flexibility index (Phi) is 10.4. The summed E-state index contributed by atoms with van der Waals surface area (Å²) >= 11 is 0. The molecule has 0 saturated carbocycles. The topological polar surface area (TPSA) is 32.7 Å². The average molecular weight is 436 g/mol. The minimum Gasteiger partial charge on any atom is -0.387 e. The van der Waals surface area contributed by atoms with Crippen molar-refractivity contribution in [2.75, 3.05) is 26.3 Å². The number of aliphatic hydroxyl groups excluding tert-OH is 1. The molecule has 0 heterocycles. The van der Waals surface area contributed by atoms with Crippen molar-refractivity contribution < 1.29 is 14.2 Å². The monoisotopic (exact) mass is 435 g/mol. The Balaban J connectivity index is 1.36. The Morgan fingerprint density at radius 3 is 2.16 bits per heavy atom. The van der Waals surface area contributed by atoms with E-state index in [1.54, 1.807) is 0 Å². The molecule has 4 heteroatoms. The minimum absolute atomic E-state index is 0.202. The molecule has 32 heavy (non-hydrogen) atoms. The maximum absolute atomic E-state index is 12.9. The smallest absolute Gasteiger partial charge is 0.123 e. The SMILES string of the molecule is OC(CN(CCCCCOCCc1ccc(F)cc1)Cc1ccccc1)c1ccccc1. The lowest BCUT2D eigenvalue weighted by Crippen LogP contribution is -2.29. The summed E-state index contributed by atoms with van der Waals surface area (Å²) in [5.74, 6) is -0.202. The molecule has 3 nitrogen and oxygen atoms in total. The fourth-order valence-corrected chi connectivity index (χ4v) is 3.76. The molecule has 0 spiro atoms. The Bertz CT molecular complexity index is 871. The first-order chi connectivity index (χ1) is 15.7. The molecule has 0 radical (unpaired) electrons. The summed E-state index contributed by atoms with van der Waals surface area (Å²) in [6.07, 6.45) is 3.49. The molecule has 1 unspecified atom stereocenters. The van der Waals surface area contributed by atoms with E-state index in [9.17, 15) is 9.50 Å².